The number of carbonyl (C=O) groups excluding carboxylic acids is 1. The molecule has 2 nitrogen and oxygen atoms in total. The lowest BCUT2D eigenvalue weighted by molar-refractivity contribution is -0.133. The molecule has 0 aliphatic carbocycles. The van der Waals surface area contributed by atoms with Crippen LogP contribution in [-0.2, 0) is 16.8 Å². The fraction of sp³-hybridized carbons (Fsp3) is 0.174. The summed E-state index contributed by atoms with van der Waals surface area (Å²) < 4.78 is 0. The molecule has 0 atom stereocenters. The van der Waals surface area contributed by atoms with Crippen LogP contribution < -0.4 is 0 Å². The van der Waals surface area contributed by atoms with Crippen molar-refractivity contribution in [1.29, 1.82) is 0 Å². The van der Waals surface area contributed by atoms with E-state index in [1.54, 1.807) is 0 Å². The molecule has 3 aromatic rings. The normalized spacial score (nSPS) is 15.3. The maximum Gasteiger partial charge on any atom is 0.238 e. The second kappa shape index (κ2) is 6.97. The quantitative estimate of drug-likeness (QED) is 0.624. The second-order valence-corrected chi connectivity index (χ2v) is 6.80. The molecular weight excluding hydrogens is 342 g/mol. The van der Waals surface area contributed by atoms with E-state index in [0.29, 0.717) is 6.54 Å². The number of rotatable bonds is 3. The highest BCUT2D eigenvalue weighted by molar-refractivity contribution is 6.27. The summed E-state index contributed by atoms with van der Waals surface area (Å²) in [6, 6.07) is 29.0. The number of hydrogen-bond donors (Lipinski definition) is 0. The van der Waals surface area contributed by atoms with E-state index in [-0.39, 0.29) is 11.8 Å². The molecular formula is C23H20ClNO. The average molecular weight is 362 g/mol. The third kappa shape index (κ3) is 2.53. The molecule has 0 saturated carbocycles. The number of fused-ring (bicyclic) bond motifs is 1. The smallest absolute Gasteiger partial charge is 0.238 e. The highest BCUT2D eigenvalue weighted by atomic mass is 35.5. The number of carbonyl (C=O) groups is 1. The molecule has 3 heteroatoms. The minimum absolute atomic E-state index is 0.0242. The van der Waals surface area contributed by atoms with E-state index in [9.17, 15) is 4.79 Å². The van der Waals surface area contributed by atoms with Gasteiger partial charge >= 0.3 is 0 Å². The standard InChI is InChI=1S/C23H20ClNO/c24-17-22(26)25-16-15-18-9-7-8-14-21(18)23(25,19-10-3-1-4-11-19)20-12-5-2-6-13-20/h1-14H,15-17H2. The number of hydrogen-bond acceptors (Lipinski definition) is 1. The van der Waals surface area contributed by atoms with Crippen LogP contribution in [-0.4, -0.2) is 23.2 Å². The Bertz CT molecular complexity index is 868. The van der Waals surface area contributed by atoms with Crippen molar-refractivity contribution < 1.29 is 4.79 Å². The van der Waals surface area contributed by atoms with Gasteiger partial charge in [-0.1, -0.05) is 84.9 Å². The third-order valence-corrected chi connectivity index (χ3v) is 5.44. The summed E-state index contributed by atoms with van der Waals surface area (Å²) in [7, 11) is 0. The molecule has 1 aliphatic heterocycles. The van der Waals surface area contributed by atoms with Gasteiger partial charge in [-0.15, -0.1) is 11.6 Å². The molecule has 0 aromatic heterocycles. The largest absolute Gasteiger partial charge is 0.323 e. The lowest BCUT2D eigenvalue weighted by Crippen LogP contribution is -2.55. The van der Waals surface area contributed by atoms with E-state index in [1.165, 1.54) is 5.56 Å². The zero-order valence-electron chi connectivity index (χ0n) is 14.4. The Morgan fingerprint density at radius 2 is 1.38 bits per heavy atom. The maximum atomic E-state index is 12.9. The van der Waals surface area contributed by atoms with Crippen LogP contribution in [0.3, 0.4) is 0 Å². The number of benzene rings is 3. The maximum absolute atomic E-state index is 12.9. The molecule has 0 unspecified atom stereocenters. The van der Waals surface area contributed by atoms with E-state index in [2.05, 4.69) is 42.5 Å². The molecule has 0 fully saturated rings. The number of alkyl halides is 1. The summed E-state index contributed by atoms with van der Waals surface area (Å²) in [5.74, 6) is -0.0716. The lowest BCUT2D eigenvalue weighted by Gasteiger charge is -2.49. The van der Waals surface area contributed by atoms with Gasteiger partial charge in [-0.3, -0.25) is 4.79 Å². The number of nitrogens with zero attached hydrogens (tertiary/aromatic N) is 1. The van der Waals surface area contributed by atoms with E-state index in [1.807, 2.05) is 47.4 Å². The Morgan fingerprint density at radius 3 is 1.96 bits per heavy atom. The molecule has 0 N–H and O–H groups in total. The van der Waals surface area contributed by atoms with E-state index >= 15 is 0 Å². The van der Waals surface area contributed by atoms with Crippen LogP contribution in [0.15, 0.2) is 84.9 Å². The Kier molecular flexibility index (Phi) is 4.52. The van der Waals surface area contributed by atoms with Crippen molar-refractivity contribution in [2.75, 3.05) is 12.4 Å². The molecule has 0 spiro atoms. The van der Waals surface area contributed by atoms with Crippen molar-refractivity contribution in [2.24, 2.45) is 0 Å². The molecule has 0 saturated heterocycles. The van der Waals surface area contributed by atoms with Crippen LogP contribution >= 0.6 is 11.6 Å². The third-order valence-electron chi connectivity index (χ3n) is 5.22. The van der Waals surface area contributed by atoms with Gasteiger partial charge in [0.15, 0.2) is 0 Å². The van der Waals surface area contributed by atoms with Gasteiger partial charge < -0.3 is 4.90 Å². The Balaban J connectivity index is 2.10. The fourth-order valence-corrected chi connectivity index (χ4v) is 4.31. The van der Waals surface area contributed by atoms with E-state index in [4.69, 9.17) is 11.6 Å². The molecule has 1 heterocycles. The SMILES string of the molecule is O=C(CCl)N1CCc2ccccc2C1(c1ccccc1)c1ccccc1. The van der Waals surface area contributed by atoms with Crippen LogP contribution in [0.5, 0.6) is 0 Å². The van der Waals surface area contributed by atoms with Crippen molar-refractivity contribution in [3.05, 3.63) is 107 Å². The first kappa shape index (κ1) is 16.9. The Hall–Kier alpha value is -2.58. The zero-order valence-corrected chi connectivity index (χ0v) is 15.2. The van der Waals surface area contributed by atoms with Crippen molar-refractivity contribution in [3.8, 4) is 0 Å². The van der Waals surface area contributed by atoms with Crippen LogP contribution in [0.1, 0.15) is 22.3 Å². The monoisotopic (exact) mass is 361 g/mol. The van der Waals surface area contributed by atoms with Crippen LogP contribution in [0.4, 0.5) is 0 Å². The molecule has 0 bridgehead atoms. The minimum Gasteiger partial charge on any atom is -0.323 e. The van der Waals surface area contributed by atoms with E-state index in [0.717, 1.165) is 23.1 Å². The van der Waals surface area contributed by atoms with Crippen molar-refractivity contribution in [2.45, 2.75) is 12.0 Å². The van der Waals surface area contributed by atoms with Crippen LogP contribution in [0.25, 0.3) is 0 Å². The Labute approximate surface area is 159 Å². The van der Waals surface area contributed by atoms with E-state index < -0.39 is 5.54 Å². The van der Waals surface area contributed by atoms with Gasteiger partial charge in [0.1, 0.15) is 11.4 Å². The molecule has 130 valence electrons. The van der Waals surface area contributed by atoms with Gasteiger partial charge in [0.05, 0.1) is 0 Å². The molecule has 1 amide bonds. The van der Waals surface area contributed by atoms with Gasteiger partial charge in [-0.2, -0.15) is 0 Å². The van der Waals surface area contributed by atoms with Crippen molar-refractivity contribution in [3.63, 3.8) is 0 Å². The predicted octanol–water partition coefficient (Wildman–Crippen LogP) is 4.60. The molecule has 26 heavy (non-hydrogen) atoms. The summed E-state index contributed by atoms with van der Waals surface area (Å²) >= 11 is 6.02. The van der Waals surface area contributed by atoms with Gasteiger partial charge in [0.2, 0.25) is 5.91 Å². The fourth-order valence-electron chi connectivity index (χ4n) is 4.17. The van der Waals surface area contributed by atoms with Gasteiger partial charge in [0, 0.05) is 6.54 Å². The Morgan fingerprint density at radius 1 is 0.846 bits per heavy atom. The highest BCUT2D eigenvalue weighted by Crippen LogP contribution is 2.46. The first-order valence-corrected chi connectivity index (χ1v) is 9.38. The summed E-state index contributed by atoms with van der Waals surface area (Å²) in [4.78, 5) is 14.9. The first-order chi connectivity index (χ1) is 12.8. The second-order valence-electron chi connectivity index (χ2n) is 6.53. The molecule has 3 aromatic carbocycles. The van der Waals surface area contributed by atoms with Crippen LogP contribution in [0.2, 0.25) is 0 Å². The lowest BCUT2D eigenvalue weighted by atomic mass is 9.71. The van der Waals surface area contributed by atoms with Gasteiger partial charge in [0.25, 0.3) is 0 Å². The van der Waals surface area contributed by atoms with Crippen molar-refractivity contribution >= 4 is 17.5 Å². The summed E-state index contributed by atoms with van der Waals surface area (Å²) in [6.07, 6.45) is 0.834. The predicted molar refractivity (Wildman–Crippen MR) is 105 cm³/mol. The summed E-state index contributed by atoms with van der Waals surface area (Å²) in [5, 5.41) is 0. The number of halogens is 1. The first-order valence-electron chi connectivity index (χ1n) is 8.84. The minimum atomic E-state index is -0.663. The van der Waals surface area contributed by atoms with Gasteiger partial charge in [-0.25, -0.2) is 0 Å². The summed E-state index contributed by atoms with van der Waals surface area (Å²) in [5.41, 5.74) is 3.93. The molecule has 4 rings (SSSR count). The number of amides is 1. The zero-order chi connectivity index (χ0) is 18.0. The highest BCUT2D eigenvalue weighted by Gasteiger charge is 2.47. The van der Waals surface area contributed by atoms with Crippen molar-refractivity contribution in [1.82, 2.24) is 4.90 Å². The topological polar surface area (TPSA) is 20.3 Å². The average Bonchev–Trinajstić information content (AvgIpc) is 2.73. The summed E-state index contributed by atoms with van der Waals surface area (Å²) in [6.45, 7) is 0.645. The molecule has 0 radical (unpaired) electrons. The van der Waals surface area contributed by atoms with Crippen LogP contribution in [0, 0.1) is 0 Å². The van der Waals surface area contributed by atoms with Gasteiger partial charge in [-0.05, 0) is 28.7 Å². The molecule has 1 aliphatic rings.